The summed E-state index contributed by atoms with van der Waals surface area (Å²) in [7, 11) is 1.28. The molecule has 2 heterocycles. The fourth-order valence-electron chi connectivity index (χ4n) is 4.70. The number of hydrogen-bond donors (Lipinski definition) is 4. The van der Waals surface area contributed by atoms with Crippen molar-refractivity contribution in [3.05, 3.63) is 107 Å². The molecule has 0 aliphatic rings. The highest BCUT2D eigenvalue weighted by atomic mass is 32.1. The maximum Gasteiger partial charge on any atom is 0.408 e. The number of nitrogens with zero attached hydrogens (tertiary/aromatic N) is 2. The van der Waals surface area contributed by atoms with Crippen molar-refractivity contribution in [1.82, 2.24) is 25.9 Å². The van der Waals surface area contributed by atoms with Crippen LogP contribution in [0.2, 0.25) is 0 Å². The van der Waals surface area contributed by atoms with Crippen LogP contribution >= 0.6 is 11.3 Å². The molecule has 11 nitrogen and oxygen atoms in total. The minimum atomic E-state index is -1.06. The topological polar surface area (TPSA) is 152 Å². The maximum atomic E-state index is 13.2. The Kier molecular flexibility index (Phi) is 12.4. The van der Waals surface area contributed by atoms with Gasteiger partial charge in [-0.15, -0.1) is 11.3 Å². The summed E-state index contributed by atoms with van der Waals surface area (Å²) in [6.07, 6.45) is 1.74. The van der Waals surface area contributed by atoms with Gasteiger partial charge in [-0.3, -0.25) is 14.8 Å². The van der Waals surface area contributed by atoms with E-state index in [4.69, 9.17) is 9.47 Å². The van der Waals surface area contributed by atoms with Crippen LogP contribution in [0.1, 0.15) is 29.3 Å². The number of pyridine rings is 1. The van der Waals surface area contributed by atoms with Gasteiger partial charge < -0.3 is 30.5 Å². The van der Waals surface area contributed by atoms with Crippen LogP contribution in [0, 0.1) is 0 Å². The number of carbonyl (C=O) groups is 3. The van der Waals surface area contributed by atoms with Crippen molar-refractivity contribution in [1.29, 1.82) is 0 Å². The number of aromatic nitrogens is 2. The van der Waals surface area contributed by atoms with Crippen molar-refractivity contribution in [3.63, 3.8) is 0 Å². The zero-order valence-corrected chi connectivity index (χ0v) is 25.9. The summed E-state index contributed by atoms with van der Waals surface area (Å²) in [5.74, 6) is -0.493. The van der Waals surface area contributed by atoms with Crippen molar-refractivity contribution in [3.8, 4) is 11.3 Å². The van der Waals surface area contributed by atoms with Crippen molar-refractivity contribution in [2.45, 2.75) is 57.0 Å². The zero-order chi connectivity index (χ0) is 32.0. The Morgan fingerprint density at radius 3 is 2.29 bits per heavy atom. The van der Waals surface area contributed by atoms with Crippen molar-refractivity contribution in [2.24, 2.45) is 0 Å². The second kappa shape index (κ2) is 16.9. The molecule has 0 saturated carbocycles. The molecule has 0 radical (unpaired) electrons. The van der Waals surface area contributed by atoms with Crippen molar-refractivity contribution in [2.75, 3.05) is 7.11 Å². The lowest BCUT2D eigenvalue weighted by molar-refractivity contribution is -0.124. The summed E-state index contributed by atoms with van der Waals surface area (Å²) in [5.41, 5.74) is 5.27. The first kappa shape index (κ1) is 33.1. The Bertz CT molecular complexity index is 1490. The molecule has 2 aromatic heterocycles. The summed E-state index contributed by atoms with van der Waals surface area (Å²) < 4.78 is 10.0. The minimum Gasteiger partial charge on any atom is -0.453 e. The molecule has 4 aromatic rings. The van der Waals surface area contributed by atoms with Gasteiger partial charge in [0.15, 0.2) is 0 Å². The quantitative estimate of drug-likeness (QED) is 0.161. The van der Waals surface area contributed by atoms with E-state index < -0.39 is 42.3 Å². The van der Waals surface area contributed by atoms with E-state index in [-0.39, 0.29) is 13.0 Å². The lowest BCUT2D eigenvalue weighted by Gasteiger charge is -2.29. The number of amides is 3. The average Bonchev–Trinajstić information content (AvgIpc) is 3.58. The van der Waals surface area contributed by atoms with Crippen molar-refractivity contribution >= 4 is 29.4 Å². The predicted molar refractivity (Wildman–Crippen MR) is 170 cm³/mol. The number of aliphatic hydroxyl groups is 1. The van der Waals surface area contributed by atoms with Crippen LogP contribution in [0.4, 0.5) is 9.59 Å². The number of carbonyl (C=O) groups excluding carboxylic acids is 3. The van der Waals surface area contributed by atoms with Gasteiger partial charge in [-0.25, -0.2) is 9.59 Å². The van der Waals surface area contributed by atoms with Gasteiger partial charge in [-0.2, -0.15) is 0 Å². The van der Waals surface area contributed by atoms with Gasteiger partial charge in [0.05, 0.1) is 35.3 Å². The van der Waals surface area contributed by atoms with Gasteiger partial charge in [0.25, 0.3) is 0 Å². The van der Waals surface area contributed by atoms with Gasteiger partial charge >= 0.3 is 12.2 Å². The first-order valence-corrected chi connectivity index (χ1v) is 15.4. The summed E-state index contributed by atoms with van der Waals surface area (Å²) >= 11 is 1.35. The summed E-state index contributed by atoms with van der Waals surface area (Å²) in [6, 6.07) is 20.8. The number of aliphatic hydroxyl groups excluding tert-OH is 1. The number of alkyl carbamates (subject to hydrolysis) is 2. The van der Waals surface area contributed by atoms with E-state index in [0.717, 1.165) is 27.3 Å². The highest BCUT2D eigenvalue weighted by Crippen LogP contribution is 2.19. The Balaban J connectivity index is 1.43. The first-order valence-electron chi connectivity index (χ1n) is 14.5. The molecule has 236 valence electrons. The normalized spacial score (nSPS) is 13.5. The standard InChI is InChI=1S/C33H37N5O6S/c1-22(36-33(42)44-20-27-19-34-21-45-27)31(40)38-29(17-23-8-4-3-5-9-23)30(39)18-26(37-32(41)43-2)16-24-11-13-25(14-12-24)28-10-6-7-15-35-28/h3-15,19,21-22,26,29-30,39H,16-18,20H2,1-2H3,(H,36,42)(H,37,41)(H,38,40). The van der Waals surface area contributed by atoms with Gasteiger partial charge in [0, 0.05) is 24.0 Å². The fraction of sp³-hybridized carbons (Fsp3) is 0.303. The second-order valence-corrected chi connectivity index (χ2v) is 11.4. The van der Waals surface area contributed by atoms with Crippen LogP contribution in [0.3, 0.4) is 0 Å². The summed E-state index contributed by atoms with van der Waals surface area (Å²) in [4.78, 5) is 46.8. The highest BCUT2D eigenvalue weighted by Gasteiger charge is 2.28. The molecule has 4 unspecified atom stereocenters. The molecule has 4 rings (SSSR count). The Hall–Kier alpha value is -4.81. The highest BCUT2D eigenvalue weighted by molar-refractivity contribution is 7.09. The molecule has 0 bridgehead atoms. The SMILES string of the molecule is COC(=O)NC(Cc1ccc(-c2ccccn2)cc1)CC(O)C(Cc1ccccc1)NC(=O)C(C)NC(=O)OCc1cncs1. The second-order valence-electron chi connectivity index (χ2n) is 10.5. The number of ether oxygens (including phenoxy) is 2. The molecule has 4 atom stereocenters. The van der Waals surface area contributed by atoms with Gasteiger partial charge in [0.1, 0.15) is 12.6 Å². The van der Waals surface area contributed by atoms with Crippen LogP contribution in [0.25, 0.3) is 11.3 Å². The van der Waals surface area contributed by atoms with Crippen molar-refractivity contribution < 1.29 is 29.0 Å². The van der Waals surface area contributed by atoms with E-state index >= 15 is 0 Å². The molecule has 12 heteroatoms. The number of rotatable bonds is 14. The third kappa shape index (κ3) is 10.7. The van der Waals surface area contributed by atoms with Crippen LogP contribution in [0.5, 0.6) is 0 Å². The lowest BCUT2D eigenvalue weighted by Crippen LogP contribution is -2.53. The average molecular weight is 632 g/mol. The molecule has 3 amide bonds. The largest absolute Gasteiger partial charge is 0.453 e. The predicted octanol–water partition coefficient (Wildman–Crippen LogP) is 4.27. The zero-order valence-electron chi connectivity index (χ0n) is 25.1. The fourth-order valence-corrected chi connectivity index (χ4v) is 5.20. The molecule has 0 aliphatic carbocycles. The van der Waals surface area contributed by atoms with Gasteiger partial charge in [-0.1, -0.05) is 60.7 Å². The maximum absolute atomic E-state index is 13.2. The van der Waals surface area contributed by atoms with Gasteiger partial charge in [0.2, 0.25) is 5.91 Å². The van der Waals surface area contributed by atoms with Crippen LogP contribution in [-0.4, -0.2) is 64.5 Å². The number of nitrogens with one attached hydrogen (secondary N) is 3. The molecule has 0 spiro atoms. The minimum absolute atomic E-state index is 0.0423. The molecule has 0 saturated heterocycles. The van der Waals surface area contributed by atoms with E-state index in [1.165, 1.54) is 25.4 Å². The molecular formula is C33H37N5O6S. The van der Waals surface area contributed by atoms with E-state index in [0.29, 0.717) is 12.8 Å². The van der Waals surface area contributed by atoms with E-state index in [2.05, 4.69) is 25.9 Å². The third-order valence-electron chi connectivity index (χ3n) is 7.08. The molecule has 45 heavy (non-hydrogen) atoms. The molecule has 0 fully saturated rings. The Morgan fingerprint density at radius 1 is 0.889 bits per heavy atom. The molecular weight excluding hydrogens is 594 g/mol. The Labute approximate surface area is 266 Å². The van der Waals surface area contributed by atoms with Crippen LogP contribution in [-0.2, 0) is 33.7 Å². The first-order chi connectivity index (χ1) is 21.8. The number of hydrogen-bond acceptors (Lipinski definition) is 9. The molecule has 4 N–H and O–H groups in total. The van der Waals surface area contributed by atoms with Crippen LogP contribution in [0.15, 0.2) is 90.7 Å². The molecule has 0 aliphatic heterocycles. The number of thiazole rings is 1. The van der Waals surface area contributed by atoms with Crippen LogP contribution < -0.4 is 16.0 Å². The number of methoxy groups -OCH3 is 1. The number of benzene rings is 2. The molecule has 2 aromatic carbocycles. The summed E-state index contributed by atoms with van der Waals surface area (Å²) in [6.45, 7) is 1.58. The van der Waals surface area contributed by atoms with E-state index in [1.807, 2.05) is 72.8 Å². The third-order valence-corrected chi connectivity index (χ3v) is 7.83. The van der Waals surface area contributed by atoms with E-state index in [1.54, 1.807) is 17.9 Å². The van der Waals surface area contributed by atoms with Gasteiger partial charge in [-0.05, 0) is 49.4 Å². The monoisotopic (exact) mass is 631 g/mol. The lowest BCUT2D eigenvalue weighted by atomic mass is 9.93. The summed E-state index contributed by atoms with van der Waals surface area (Å²) in [5, 5.41) is 19.7. The Morgan fingerprint density at radius 2 is 1.62 bits per heavy atom. The van der Waals surface area contributed by atoms with E-state index in [9.17, 15) is 19.5 Å². The smallest absolute Gasteiger partial charge is 0.408 e.